The van der Waals surface area contributed by atoms with E-state index in [-0.39, 0.29) is 17.5 Å². The SMILES string of the molecule is COc1nc(N[C@@H]2CCN(C(=O)O)C2)ncc1C#N. The van der Waals surface area contributed by atoms with E-state index in [2.05, 4.69) is 15.3 Å². The van der Waals surface area contributed by atoms with E-state index in [1.54, 1.807) is 0 Å². The third-order valence-electron chi connectivity index (χ3n) is 2.86. The van der Waals surface area contributed by atoms with Crippen LogP contribution in [-0.2, 0) is 0 Å². The largest absolute Gasteiger partial charge is 0.480 e. The molecule has 0 saturated carbocycles. The van der Waals surface area contributed by atoms with Gasteiger partial charge in [-0.3, -0.25) is 0 Å². The minimum atomic E-state index is -0.928. The monoisotopic (exact) mass is 263 g/mol. The van der Waals surface area contributed by atoms with Crippen molar-refractivity contribution >= 4 is 12.0 Å². The highest BCUT2D eigenvalue weighted by molar-refractivity contribution is 5.65. The number of ether oxygens (including phenoxy) is 1. The van der Waals surface area contributed by atoms with Crippen LogP contribution in [0.15, 0.2) is 6.20 Å². The summed E-state index contributed by atoms with van der Waals surface area (Å²) in [6.45, 7) is 0.876. The average Bonchev–Trinajstić information content (AvgIpc) is 2.87. The molecule has 19 heavy (non-hydrogen) atoms. The Morgan fingerprint density at radius 1 is 1.74 bits per heavy atom. The number of aromatic nitrogens is 2. The van der Waals surface area contributed by atoms with Crippen molar-refractivity contribution in [2.45, 2.75) is 12.5 Å². The Hall–Kier alpha value is -2.56. The molecule has 2 heterocycles. The Bertz CT molecular complexity index is 528. The Morgan fingerprint density at radius 3 is 3.11 bits per heavy atom. The molecule has 8 heteroatoms. The Labute approximate surface area is 109 Å². The van der Waals surface area contributed by atoms with Crippen LogP contribution in [0.4, 0.5) is 10.7 Å². The number of hydrogen-bond acceptors (Lipinski definition) is 6. The van der Waals surface area contributed by atoms with Crippen molar-refractivity contribution in [1.82, 2.24) is 14.9 Å². The molecule has 1 aliphatic heterocycles. The minimum Gasteiger partial charge on any atom is -0.480 e. The summed E-state index contributed by atoms with van der Waals surface area (Å²) in [6, 6.07) is 1.89. The molecule has 1 amide bonds. The lowest BCUT2D eigenvalue weighted by molar-refractivity contribution is 0.155. The highest BCUT2D eigenvalue weighted by atomic mass is 16.5. The third-order valence-corrected chi connectivity index (χ3v) is 2.86. The first kappa shape index (κ1) is 12.9. The van der Waals surface area contributed by atoms with Crippen molar-refractivity contribution in [2.75, 3.05) is 25.5 Å². The van der Waals surface area contributed by atoms with Crippen molar-refractivity contribution in [3.8, 4) is 11.9 Å². The van der Waals surface area contributed by atoms with Gasteiger partial charge in [0.25, 0.3) is 0 Å². The van der Waals surface area contributed by atoms with Gasteiger partial charge in [0.05, 0.1) is 13.3 Å². The molecule has 2 N–H and O–H groups in total. The molecule has 1 saturated heterocycles. The van der Waals surface area contributed by atoms with E-state index in [4.69, 9.17) is 15.1 Å². The van der Waals surface area contributed by atoms with E-state index in [1.807, 2.05) is 6.07 Å². The van der Waals surface area contributed by atoms with E-state index in [0.29, 0.717) is 25.5 Å². The molecule has 1 atom stereocenters. The Morgan fingerprint density at radius 2 is 2.53 bits per heavy atom. The quantitative estimate of drug-likeness (QED) is 0.817. The minimum absolute atomic E-state index is 0.0336. The summed E-state index contributed by atoms with van der Waals surface area (Å²) >= 11 is 0. The molecule has 8 nitrogen and oxygen atoms in total. The van der Waals surface area contributed by atoms with E-state index in [9.17, 15) is 4.79 Å². The zero-order valence-electron chi connectivity index (χ0n) is 10.3. The second-order valence-corrected chi connectivity index (χ2v) is 4.09. The molecule has 1 aliphatic rings. The van der Waals surface area contributed by atoms with Crippen LogP contribution in [0.25, 0.3) is 0 Å². The Kier molecular flexibility index (Phi) is 3.66. The molecule has 0 bridgehead atoms. The molecule has 0 spiro atoms. The van der Waals surface area contributed by atoms with Crippen LogP contribution in [0.3, 0.4) is 0 Å². The van der Waals surface area contributed by atoms with Crippen molar-refractivity contribution in [3.63, 3.8) is 0 Å². The molecular weight excluding hydrogens is 250 g/mol. The van der Waals surface area contributed by atoms with Crippen molar-refractivity contribution in [2.24, 2.45) is 0 Å². The van der Waals surface area contributed by atoms with Crippen LogP contribution in [0.5, 0.6) is 5.88 Å². The van der Waals surface area contributed by atoms with E-state index >= 15 is 0 Å². The normalized spacial score (nSPS) is 17.9. The van der Waals surface area contributed by atoms with Crippen LogP contribution in [-0.4, -0.2) is 52.3 Å². The number of rotatable bonds is 3. The number of anilines is 1. The lowest BCUT2D eigenvalue weighted by Crippen LogP contribution is -2.30. The van der Waals surface area contributed by atoms with Gasteiger partial charge in [-0.2, -0.15) is 10.2 Å². The summed E-state index contributed by atoms with van der Waals surface area (Å²) in [5.74, 6) is 0.529. The average molecular weight is 263 g/mol. The molecular formula is C11H13N5O3. The fourth-order valence-corrected chi connectivity index (χ4v) is 1.90. The van der Waals surface area contributed by atoms with Gasteiger partial charge in [-0.1, -0.05) is 0 Å². The molecule has 0 radical (unpaired) electrons. The summed E-state index contributed by atoms with van der Waals surface area (Å²) in [5, 5.41) is 20.7. The molecule has 0 aromatic carbocycles. The molecule has 1 aromatic heterocycles. The predicted molar refractivity (Wildman–Crippen MR) is 64.9 cm³/mol. The van der Waals surface area contributed by atoms with Crippen molar-refractivity contribution in [3.05, 3.63) is 11.8 Å². The third kappa shape index (κ3) is 2.82. The van der Waals surface area contributed by atoms with Crippen molar-refractivity contribution in [1.29, 1.82) is 5.26 Å². The summed E-state index contributed by atoms with van der Waals surface area (Å²) in [5.41, 5.74) is 0.256. The predicted octanol–water partition coefficient (Wildman–Crippen LogP) is 0.521. The second-order valence-electron chi connectivity index (χ2n) is 4.09. The van der Waals surface area contributed by atoms with E-state index in [1.165, 1.54) is 18.2 Å². The first-order valence-electron chi connectivity index (χ1n) is 5.69. The summed E-state index contributed by atoms with van der Waals surface area (Å²) in [6.07, 6.45) is 1.14. The second kappa shape index (κ2) is 5.39. The zero-order chi connectivity index (χ0) is 13.8. The first-order valence-corrected chi connectivity index (χ1v) is 5.69. The fourth-order valence-electron chi connectivity index (χ4n) is 1.90. The lowest BCUT2D eigenvalue weighted by Gasteiger charge is -2.14. The number of likely N-dealkylation sites (tertiary alicyclic amines) is 1. The topological polar surface area (TPSA) is 111 Å². The maximum absolute atomic E-state index is 10.8. The van der Waals surface area contributed by atoms with Crippen molar-refractivity contribution < 1.29 is 14.6 Å². The summed E-state index contributed by atoms with van der Waals surface area (Å²) in [4.78, 5) is 20.2. The molecule has 1 fully saturated rings. The maximum atomic E-state index is 10.8. The number of methoxy groups -OCH3 is 1. The first-order chi connectivity index (χ1) is 9.13. The van der Waals surface area contributed by atoms with Gasteiger partial charge < -0.3 is 20.1 Å². The number of nitriles is 1. The molecule has 2 rings (SSSR count). The van der Waals surface area contributed by atoms with Gasteiger partial charge in [-0.25, -0.2) is 9.78 Å². The molecule has 100 valence electrons. The molecule has 0 aliphatic carbocycles. The zero-order valence-corrected chi connectivity index (χ0v) is 10.3. The Balaban J connectivity index is 2.05. The van der Waals surface area contributed by atoms with Crippen LogP contribution in [0, 0.1) is 11.3 Å². The maximum Gasteiger partial charge on any atom is 0.407 e. The smallest absolute Gasteiger partial charge is 0.407 e. The number of nitrogens with one attached hydrogen (secondary N) is 1. The molecule has 0 unspecified atom stereocenters. The molecule has 1 aromatic rings. The summed E-state index contributed by atoms with van der Waals surface area (Å²) in [7, 11) is 1.43. The highest BCUT2D eigenvalue weighted by Crippen LogP contribution is 2.17. The van der Waals surface area contributed by atoms with Gasteiger partial charge in [0.1, 0.15) is 11.6 Å². The van der Waals surface area contributed by atoms with E-state index in [0.717, 1.165) is 0 Å². The number of hydrogen-bond donors (Lipinski definition) is 2. The van der Waals surface area contributed by atoms with Gasteiger partial charge in [0.15, 0.2) is 0 Å². The van der Waals surface area contributed by atoms with Crippen LogP contribution < -0.4 is 10.1 Å². The van der Waals surface area contributed by atoms with Crippen LogP contribution in [0.1, 0.15) is 12.0 Å². The van der Waals surface area contributed by atoms with Gasteiger partial charge >= 0.3 is 6.09 Å². The fraction of sp³-hybridized carbons (Fsp3) is 0.455. The van der Waals surface area contributed by atoms with Gasteiger partial charge in [0, 0.05) is 19.1 Å². The van der Waals surface area contributed by atoms with Crippen LogP contribution >= 0.6 is 0 Å². The van der Waals surface area contributed by atoms with Gasteiger partial charge in [0.2, 0.25) is 11.8 Å². The van der Waals surface area contributed by atoms with E-state index < -0.39 is 6.09 Å². The number of carbonyl (C=O) groups is 1. The van der Waals surface area contributed by atoms with Gasteiger partial charge in [-0.05, 0) is 6.42 Å². The highest BCUT2D eigenvalue weighted by Gasteiger charge is 2.26. The number of amides is 1. The number of carboxylic acid groups (broad SMARTS) is 1. The summed E-state index contributed by atoms with van der Waals surface area (Å²) < 4.78 is 4.98. The standard InChI is InChI=1S/C11H13N5O3/c1-19-9-7(4-12)5-13-10(15-9)14-8-2-3-16(6-8)11(17)18/h5,8H,2-3,6H2,1H3,(H,17,18)(H,13,14,15)/t8-/m1/s1. The van der Waals surface area contributed by atoms with Crippen LogP contribution in [0.2, 0.25) is 0 Å². The number of nitrogens with zero attached hydrogens (tertiary/aromatic N) is 4. The lowest BCUT2D eigenvalue weighted by atomic mass is 10.3. The van der Waals surface area contributed by atoms with Gasteiger partial charge in [-0.15, -0.1) is 0 Å².